The van der Waals surface area contributed by atoms with Gasteiger partial charge in [0.15, 0.2) is 0 Å². The molecule has 0 saturated carbocycles. The number of aryl methyl sites for hydroxylation is 2. The predicted octanol–water partition coefficient (Wildman–Crippen LogP) is 0.660. The average molecular weight is 266 g/mol. The van der Waals surface area contributed by atoms with Crippen molar-refractivity contribution in [3.8, 4) is 0 Å². The van der Waals surface area contributed by atoms with Gasteiger partial charge in [-0.05, 0) is 30.5 Å². The lowest BCUT2D eigenvalue weighted by Gasteiger charge is -2.03. The molecule has 2 aromatic rings. The van der Waals surface area contributed by atoms with Gasteiger partial charge in [0.05, 0.1) is 0 Å². The van der Waals surface area contributed by atoms with Gasteiger partial charge < -0.3 is 0 Å². The fourth-order valence-corrected chi connectivity index (χ4v) is 2.00. The van der Waals surface area contributed by atoms with Gasteiger partial charge in [-0.2, -0.15) is 0 Å². The second-order valence-corrected chi connectivity index (χ2v) is 5.66. The van der Waals surface area contributed by atoms with E-state index in [1.54, 1.807) is 0 Å². The molecule has 0 spiro atoms. The number of nitrogens with zero attached hydrogens (tertiary/aromatic N) is 2. The number of nitrogens with one attached hydrogen (secondary N) is 1. The Hall–Kier alpha value is -1.73. The minimum Gasteiger partial charge on any atom is -0.262 e. The van der Waals surface area contributed by atoms with Crippen LogP contribution in [0.1, 0.15) is 22.5 Å². The summed E-state index contributed by atoms with van der Waals surface area (Å²) in [6.45, 7) is 4.06. The second-order valence-electron chi connectivity index (χ2n) is 4.21. The van der Waals surface area contributed by atoms with Gasteiger partial charge in [0.1, 0.15) is 5.82 Å². The zero-order chi connectivity index (χ0) is 13.3. The Kier molecular flexibility index (Phi) is 3.18. The highest BCUT2D eigenvalue weighted by atomic mass is 32.2. The number of aromatic amines is 1. The van der Waals surface area contributed by atoms with E-state index in [1.807, 2.05) is 32.0 Å². The molecule has 1 heterocycles. The fourth-order valence-electron chi connectivity index (χ4n) is 1.59. The van der Waals surface area contributed by atoms with Crippen LogP contribution in [-0.4, -0.2) is 23.6 Å². The third-order valence-electron chi connectivity index (χ3n) is 2.71. The molecule has 0 aliphatic heterocycles. The zero-order valence-electron chi connectivity index (χ0n) is 10.1. The second kappa shape index (κ2) is 4.51. The molecule has 7 heteroatoms. The van der Waals surface area contributed by atoms with E-state index in [0.29, 0.717) is 12.2 Å². The van der Waals surface area contributed by atoms with Crippen LogP contribution in [0.3, 0.4) is 0 Å². The summed E-state index contributed by atoms with van der Waals surface area (Å²) >= 11 is 0. The maximum absolute atomic E-state index is 11.0. The normalized spacial score (nSPS) is 11.7. The number of aromatic nitrogens is 3. The number of nitrogens with two attached hydrogens (primary N) is 1. The summed E-state index contributed by atoms with van der Waals surface area (Å²) in [5.41, 5.74) is 3.43. The van der Waals surface area contributed by atoms with Gasteiger partial charge >= 0.3 is 0 Å². The van der Waals surface area contributed by atoms with E-state index in [0.717, 1.165) is 5.56 Å². The molecule has 1 aromatic carbocycles. The molecule has 0 bridgehead atoms. The molecule has 0 amide bonds. The van der Waals surface area contributed by atoms with Crippen molar-refractivity contribution in [3.63, 3.8) is 0 Å². The molecule has 0 radical (unpaired) electrons. The number of hydrogen-bond acceptors (Lipinski definition) is 4. The summed E-state index contributed by atoms with van der Waals surface area (Å²) in [6, 6.07) is 6.03. The molecule has 96 valence electrons. The molecule has 1 aromatic heterocycles. The van der Waals surface area contributed by atoms with E-state index in [9.17, 15) is 8.42 Å². The molecule has 0 aliphatic carbocycles. The summed E-state index contributed by atoms with van der Waals surface area (Å²) in [5, 5.41) is 10.7. The van der Waals surface area contributed by atoms with Crippen LogP contribution in [0.15, 0.2) is 23.4 Å². The van der Waals surface area contributed by atoms with Crippen molar-refractivity contribution in [1.29, 1.82) is 0 Å². The summed E-state index contributed by atoms with van der Waals surface area (Å²) in [4.78, 5) is 3.85. The molecule has 18 heavy (non-hydrogen) atoms. The van der Waals surface area contributed by atoms with Crippen molar-refractivity contribution in [2.24, 2.45) is 5.14 Å². The van der Waals surface area contributed by atoms with Crippen LogP contribution < -0.4 is 5.14 Å². The van der Waals surface area contributed by atoms with Gasteiger partial charge in [-0.1, -0.05) is 18.2 Å². The zero-order valence-corrected chi connectivity index (χ0v) is 11.0. The Bertz CT molecular complexity index is 676. The van der Waals surface area contributed by atoms with Crippen molar-refractivity contribution in [2.45, 2.75) is 25.4 Å². The Balaban J connectivity index is 2.24. The molecule has 6 nitrogen and oxygen atoms in total. The highest BCUT2D eigenvalue weighted by Gasteiger charge is 2.14. The molecular formula is C11H14N4O2S. The highest BCUT2D eigenvalue weighted by molar-refractivity contribution is 7.89. The molecule has 0 aliphatic rings. The SMILES string of the molecule is Cc1ccc(Cc2nc(S(N)(=O)=O)n[nH]2)cc1C. The smallest absolute Gasteiger partial charge is 0.262 e. The van der Waals surface area contributed by atoms with Crippen molar-refractivity contribution in [2.75, 3.05) is 0 Å². The number of H-pyrrole nitrogens is 1. The number of hydrogen-bond donors (Lipinski definition) is 2. The largest absolute Gasteiger partial charge is 0.282 e. The summed E-state index contributed by atoms with van der Waals surface area (Å²) in [7, 11) is -3.84. The average Bonchev–Trinajstić information content (AvgIpc) is 2.72. The first-order chi connectivity index (χ1) is 8.36. The van der Waals surface area contributed by atoms with Crippen molar-refractivity contribution < 1.29 is 8.42 Å². The molecule has 0 unspecified atom stereocenters. The van der Waals surface area contributed by atoms with Gasteiger partial charge in [-0.3, -0.25) is 5.10 Å². The van der Waals surface area contributed by atoms with Crippen LogP contribution >= 0.6 is 0 Å². The summed E-state index contributed by atoms with van der Waals surface area (Å²) in [6.07, 6.45) is 0.490. The van der Waals surface area contributed by atoms with Gasteiger partial charge in [0, 0.05) is 6.42 Å². The molecule has 0 saturated heterocycles. The van der Waals surface area contributed by atoms with Crippen molar-refractivity contribution in [1.82, 2.24) is 15.2 Å². The summed E-state index contributed by atoms with van der Waals surface area (Å²) in [5.74, 6) is 0.474. The third-order valence-corrected chi connectivity index (χ3v) is 3.40. The van der Waals surface area contributed by atoms with Crippen LogP contribution in [0.5, 0.6) is 0 Å². The minimum absolute atomic E-state index is 0.374. The van der Waals surface area contributed by atoms with E-state index in [2.05, 4.69) is 15.2 Å². The number of rotatable bonds is 3. The third kappa shape index (κ3) is 2.74. The van der Waals surface area contributed by atoms with Crippen LogP contribution in [0.2, 0.25) is 0 Å². The predicted molar refractivity (Wildman–Crippen MR) is 66.5 cm³/mol. The molecule has 0 fully saturated rings. The number of benzene rings is 1. The van der Waals surface area contributed by atoms with E-state index in [1.165, 1.54) is 11.1 Å². The maximum Gasteiger partial charge on any atom is 0.282 e. The maximum atomic E-state index is 11.0. The van der Waals surface area contributed by atoms with Crippen molar-refractivity contribution in [3.05, 3.63) is 40.7 Å². The standard InChI is InChI=1S/C11H14N4O2S/c1-7-3-4-9(5-8(7)2)6-10-13-11(15-14-10)18(12,16)17/h3-5H,6H2,1-2H3,(H2,12,16,17)(H,13,14,15). The Morgan fingerprint density at radius 3 is 2.56 bits per heavy atom. The lowest BCUT2D eigenvalue weighted by molar-refractivity contribution is 0.589. The Labute approximate surface area is 105 Å². The lowest BCUT2D eigenvalue weighted by Crippen LogP contribution is -2.14. The Morgan fingerprint density at radius 1 is 1.28 bits per heavy atom. The number of sulfonamides is 1. The molecular weight excluding hydrogens is 252 g/mol. The Morgan fingerprint density at radius 2 is 2.00 bits per heavy atom. The van der Waals surface area contributed by atoms with Gasteiger partial charge in [0.2, 0.25) is 0 Å². The van der Waals surface area contributed by atoms with Gasteiger partial charge in [-0.25, -0.2) is 18.5 Å². The quantitative estimate of drug-likeness (QED) is 0.851. The fraction of sp³-hybridized carbons (Fsp3) is 0.273. The first-order valence-electron chi connectivity index (χ1n) is 5.36. The van der Waals surface area contributed by atoms with Gasteiger partial charge in [-0.15, -0.1) is 5.10 Å². The van der Waals surface area contributed by atoms with Crippen molar-refractivity contribution >= 4 is 10.0 Å². The monoisotopic (exact) mass is 266 g/mol. The molecule has 3 N–H and O–H groups in total. The molecule has 0 atom stereocenters. The van der Waals surface area contributed by atoms with E-state index in [4.69, 9.17) is 5.14 Å². The van der Waals surface area contributed by atoms with E-state index in [-0.39, 0.29) is 5.16 Å². The number of primary sulfonamides is 1. The minimum atomic E-state index is -3.84. The first kappa shape index (κ1) is 12.7. The highest BCUT2D eigenvalue weighted by Crippen LogP contribution is 2.12. The topological polar surface area (TPSA) is 102 Å². The lowest BCUT2D eigenvalue weighted by atomic mass is 10.0. The van der Waals surface area contributed by atoms with Crippen LogP contribution in [0.25, 0.3) is 0 Å². The van der Waals surface area contributed by atoms with Crippen LogP contribution in [0.4, 0.5) is 0 Å². The van der Waals surface area contributed by atoms with E-state index < -0.39 is 10.0 Å². The summed E-state index contributed by atoms with van der Waals surface area (Å²) < 4.78 is 22.1. The first-order valence-corrected chi connectivity index (χ1v) is 6.91. The van der Waals surface area contributed by atoms with Crippen LogP contribution in [-0.2, 0) is 16.4 Å². The van der Waals surface area contributed by atoms with E-state index >= 15 is 0 Å². The van der Waals surface area contributed by atoms with Gasteiger partial charge in [0.25, 0.3) is 15.2 Å². The van der Waals surface area contributed by atoms with Crippen LogP contribution in [0, 0.1) is 13.8 Å². The molecule has 2 rings (SSSR count).